The van der Waals surface area contributed by atoms with Crippen molar-refractivity contribution in [1.82, 2.24) is 9.88 Å². The van der Waals surface area contributed by atoms with Crippen LogP contribution >= 0.6 is 0 Å². The van der Waals surface area contributed by atoms with E-state index in [1.807, 2.05) is 12.1 Å². The van der Waals surface area contributed by atoms with Gasteiger partial charge in [-0.25, -0.2) is 0 Å². The molecule has 82 valence electrons. The first-order valence-corrected chi connectivity index (χ1v) is 4.93. The van der Waals surface area contributed by atoms with Gasteiger partial charge < -0.3 is 9.64 Å². The average molecular weight is 208 g/mol. The SMILES string of the molecule is CN(C)C(=O)CCCOc1cccnc1. The predicted octanol–water partition coefficient (Wildman–Crippen LogP) is 1.33. The van der Waals surface area contributed by atoms with Crippen molar-refractivity contribution in [3.05, 3.63) is 24.5 Å². The minimum atomic E-state index is 0.129. The van der Waals surface area contributed by atoms with Crippen molar-refractivity contribution in [3.63, 3.8) is 0 Å². The van der Waals surface area contributed by atoms with Crippen LogP contribution in [-0.4, -0.2) is 36.5 Å². The van der Waals surface area contributed by atoms with E-state index in [1.54, 1.807) is 31.4 Å². The van der Waals surface area contributed by atoms with E-state index in [9.17, 15) is 4.79 Å². The van der Waals surface area contributed by atoms with Crippen molar-refractivity contribution < 1.29 is 9.53 Å². The Kier molecular flexibility index (Phi) is 4.60. The van der Waals surface area contributed by atoms with Gasteiger partial charge in [0.1, 0.15) is 5.75 Å². The van der Waals surface area contributed by atoms with E-state index in [1.165, 1.54) is 0 Å². The number of hydrogen-bond acceptors (Lipinski definition) is 3. The Morgan fingerprint density at radius 2 is 2.33 bits per heavy atom. The highest BCUT2D eigenvalue weighted by molar-refractivity contribution is 5.75. The molecule has 15 heavy (non-hydrogen) atoms. The fourth-order valence-corrected chi connectivity index (χ4v) is 1.07. The first-order valence-electron chi connectivity index (χ1n) is 4.93. The van der Waals surface area contributed by atoms with E-state index in [0.717, 1.165) is 12.2 Å². The lowest BCUT2D eigenvalue weighted by Crippen LogP contribution is -2.21. The first-order chi connectivity index (χ1) is 7.20. The summed E-state index contributed by atoms with van der Waals surface area (Å²) in [5, 5.41) is 0. The van der Waals surface area contributed by atoms with Gasteiger partial charge in [-0.3, -0.25) is 9.78 Å². The third-order valence-electron chi connectivity index (χ3n) is 1.94. The molecule has 0 aliphatic heterocycles. The molecule has 0 fully saturated rings. The maximum atomic E-state index is 11.2. The third kappa shape index (κ3) is 4.44. The van der Waals surface area contributed by atoms with E-state index in [2.05, 4.69) is 4.98 Å². The van der Waals surface area contributed by atoms with Gasteiger partial charge in [-0.2, -0.15) is 0 Å². The zero-order valence-corrected chi connectivity index (χ0v) is 9.14. The highest BCUT2D eigenvalue weighted by Crippen LogP contribution is 2.06. The van der Waals surface area contributed by atoms with Gasteiger partial charge in [-0.05, 0) is 18.6 Å². The molecule has 0 saturated heterocycles. The number of nitrogens with zero attached hydrogens (tertiary/aromatic N) is 2. The fraction of sp³-hybridized carbons (Fsp3) is 0.455. The van der Waals surface area contributed by atoms with Gasteiger partial charge >= 0.3 is 0 Å². The summed E-state index contributed by atoms with van der Waals surface area (Å²) in [7, 11) is 3.51. The van der Waals surface area contributed by atoms with Crippen LogP contribution in [0.15, 0.2) is 24.5 Å². The predicted molar refractivity (Wildman–Crippen MR) is 57.7 cm³/mol. The summed E-state index contributed by atoms with van der Waals surface area (Å²) >= 11 is 0. The smallest absolute Gasteiger partial charge is 0.222 e. The standard InChI is InChI=1S/C11H16N2O2/c1-13(2)11(14)6-4-8-15-10-5-3-7-12-9-10/h3,5,7,9H,4,6,8H2,1-2H3. The number of rotatable bonds is 5. The van der Waals surface area contributed by atoms with Crippen LogP contribution < -0.4 is 4.74 Å². The molecule has 0 unspecified atom stereocenters. The summed E-state index contributed by atoms with van der Waals surface area (Å²) in [6.45, 7) is 0.547. The lowest BCUT2D eigenvalue weighted by atomic mass is 10.3. The Labute approximate surface area is 89.9 Å². The van der Waals surface area contributed by atoms with E-state index < -0.39 is 0 Å². The van der Waals surface area contributed by atoms with Crippen LogP contribution in [0.2, 0.25) is 0 Å². The van der Waals surface area contributed by atoms with Crippen molar-refractivity contribution >= 4 is 5.91 Å². The van der Waals surface area contributed by atoms with Crippen LogP contribution in [0.5, 0.6) is 5.75 Å². The normalized spacial score (nSPS) is 9.73. The second-order valence-electron chi connectivity index (χ2n) is 3.43. The molecule has 4 heteroatoms. The van der Waals surface area contributed by atoms with Crippen molar-refractivity contribution in [3.8, 4) is 5.75 Å². The summed E-state index contributed by atoms with van der Waals surface area (Å²) in [5.74, 6) is 0.875. The zero-order valence-electron chi connectivity index (χ0n) is 9.14. The van der Waals surface area contributed by atoms with Gasteiger partial charge in [0.05, 0.1) is 12.8 Å². The highest BCUT2D eigenvalue weighted by Gasteiger charge is 2.02. The first kappa shape index (κ1) is 11.5. The second kappa shape index (κ2) is 6.01. The third-order valence-corrected chi connectivity index (χ3v) is 1.94. The van der Waals surface area contributed by atoms with Crippen molar-refractivity contribution in [2.24, 2.45) is 0 Å². The molecule has 0 aliphatic carbocycles. The molecular formula is C11H16N2O2. The molecule has 1 rings (SSSR count). The molecular weight excluding hydrogens is 192 g/mol. The van der Waals surface area contributed by atoms with Gasteiger partial charge in [-0.15, -0.1) is 0 Å². The number of aromatic nitrogens is 1. The minimum Gasteiger partial charge on any atom is -0.492 e. The summed E-state index contributed by atoms with van der Waals surface area (Å²) in [6, 6.07) is 3.67. The average Bonchev–Trinajstić information content (AvgIpc) is 2.25. The Bertz CT molecular complexity index is 299. The topological polar surface area (TPSA) is 42.4 Å². The molecule has 1 aromatic rings. The molecule has 0 saturated carbocycles. The van der Waals surface area contributed by atoms with Crippen molar-refractivity contribution in [2.45, 2.75) is 12.8 Å². The number of carbonyl (C=O) groups is 1. The van der Waals surface area contributed by atoms with Gasteiger partial charge in [-0.1, -0.05) is 0 Å². The number of pyridine rings is 1. The number of amides is 1. The molecule has 0 atom stereocenters. The highest BCUT2D eigenvalue weighted by atomic mass is 16.5. The second-order valence-corrected chi connectivity index (χ2v) is 3.43. The minimum absolute atomic E-state index is 0.129. The summed E-state index contributed by atoms with van der Waals surface area (Å²) < 4.78 is 5.40. The number of hydrogen-bond donors (Lipinski definition) is 0. The molecule has 0 spiro atoms. The van der Waals surface area contributed by atoms with E-state index in [0.29, 0.717) is 13.0 Å². The summed E-state index contributed by atoms with van der Waals surface area (Å²) in [6.07, 6.45) is 4.61. The van der Waals surface area contributed by atoms with E-state index >= 15 is 0 Å². The van der Waals surface area contributed by atoms with Crippen molar-refractivity contribution in [1.29, 1.82) is 0 Å². The largest absolute Gasteiger partial charge is 0.492 e. The summed E-state index contributed by atoms with van der Waals surface area (Å²) in [5.41, 5.74) is 0. The Hall–Kier alpha value is -1.58. The maximum absolute atomic E-state index is 11.2. The monoisotopic (exact) mass is 208 g/mol. The van der Waals surface area contributed by atoms with Gasteiger partial charge in [0.25, 0.3) is 0 Å². The van der Waals surface area contributed by atoms with Crippen LogP contribution in [0.3, 0.4) is 0 Å². The molecule has 0 bridgehead atoms. The Balaban J connectivity index is 2.15. The molecule has 0 N–H and O–H groups in total. The Morgan fingerprint density at radius 1 is 1.53 bits per heavy atom. The van der Waals surface area contributed by atoms with E-state index in [-0.39, 0.29) is 5.91 Å². The van der Waals surface area contributed by atoms with Gasteiger partial charge in [0.15, 0.2) is 0 Å². The van der Waals surface area contributed by atoms with E-state index in [4.69, 9.17) is 4.74 Å². The van der Waals surface area contributed by atoms with Crippen LogP contribution in [0.4, 0.5) is 0 Å². The Morgan fingerprint density at radius 3 is 2.93 bits per heavy atom. The number of ether oxygens (including phenoxy) is 1. The summed E-state index contributed by atoms with van der Waals surface area (Å²) in [4.78, 5) is 16.7. The van der Waals surface area contributed by atoms with Gasteiger partial charge in [0.2, 0.25) is 5.91 Å². The number of carbonyl (C=O) groups excluding carboxylic acids is 1. The molecule has 1 aromatic heterocycles. The van der Waals surface area contributed by atoms with Crippen LogP contribution in [-0.2, 0) is 4.79 Å². The van der Waals surface area contributed by atoms with Crippen molar-refractivity contribution in [2.75, 3.05) is 20.7 Å². The molecule has 1 heterocycles. The quantitative estimate of drug-likeness (QED) is 0.685. The lowest BCUT2D eigenvalue weighted by molar-refractivity contribution is -0.128. The molecule has 1 amide bonds. The molecule has 0 radical (unpaired) electrons. The van der Waals surface area contributed by atoms with Crippen LogP contribution in [0.25, 0.3) is 0 Å². The maximum Gasteiger partial charge on any atom is 0.222 e. The van der Waals surface area contributed by atoms with Gasteiger partial charge in [0, 0.05) is 26.7 Å². The van der Waals surface area contributed by atoms with Crippen LogP contribution in [0, 0.1) is 0 Å². The molecule has 4 nitrogen and oxygen atoms in total. The zero-order chi connectivity index (χ0) is 11.1. The molecule has 0 aromatic carbocycles. The van der Waals surface area contributed by atoms with Crippen LogP contribution in [0.1, 0.15) is 12.8 Å². The lowest BCUT2D eigenvalue weighted by Gasteiger charge is -2.10. The fourth-order valence-electron chi connectivity index (χ4n) is 1.07. The molecule has 0 aliphatic rings.